The van der Waals surface area contributed by atoms with E-state index in [0.29, 0.717) is 39.3 Å². The third-order valence-electron chi connectivity index (χ3n) is 8.08. The van der Waals surface area contributed by atoms with Gasteiger partial charge < -0.3 is 28.4 Å². The standard InChI is InChI=1S/C36H42O7/c1-4-20-36(3)32(41-26(2)37)21-30-34(43-36)35(40-24-29-18-12-7-13-19-29)33(39-23-28-16-10-6-11-17-28)31(42-30)25-38-22-27-14-8-5-9-15-27/h4-19,30-35H,1,20-25H2,2-3H3/t30-,31+,32+,33+,34-,35-,36-/m0/s1. The second-order valence-electron chi connectivity index (χ2n) is 11.5. The Morgan fingerprint density at radius 1 is 0.860 bits per heavy atom. The number of fused-ring (bicyclic) bond motifs is 1. The molecule has 0 unspecified atom stereocenters. The molecule has 0 bridgehead atoms. The Morgan fingerprint density at radius 3 is 1.93 bits per heavy atom. The zero-order valence-electron chi connectivity index (χ0n) is 25.0. The van der Waals surface area contributed by atoms with Crippen LogP contribution in [0.25, 0.3) is 0 Å². The molecular weight excluding hydrogens is 544 g/mol. The predicted molar refractivity (Wildman–Crippen MR) is 163 cm³/mol. The first kappa shape index (κ1) is 31.1. The Kier molecular flexibility index (Phi) is 10.8. The Hall–Kier alpha value is -3.33. The summed E-state index contributed by atoms with van der Waals surface area (Å²) in [5.74, 6) is -0.359. The average molecular weight is 587 g/mol. The van der Waals surface area contributed by atoms with Gasteiger partial charge in [0.05, 0.1) is 32.5 Å². The van der Waals surface area contributed by atoms with Gasteiger partial charge in [-0.05, 0) is 30.0 Å². The van der Waals surface area contributed by atoms with Crippen molar-refractivity contribution in [2.24, 2.45) is 0 Å². The van der Waals surface area contributed by atoms with Crippen LogP contribution in [0, 0.1) is 0 Å². The predicted octanol–water partition coefficient (Wildman–Crippen LogP) is 6.20. The van der Waals surface area contributed by atoms with Crippen molar-refractivity contribution in [2.75, 3.05) is 6.61 Å². The summed E-state index contributed by atoms with van der Waals surface area (Å²) in [6, 6.07) is 30.2. The molecule has 0 amide bonds. The van der Waals surface area contributed by atoms with Gasteiger partial charge in [0.15, 0.2) is 0 Å². The fraction of sp³-hybridized carbons (Fsp3) is 0.417. The van der Waals surface area contributed by atoms with Crippen molar-refractivity contribution in [3.05, 3.63) is 120 Å². The third-order valence-corrected chi connectivity index (χ3v) is 8.08. The molecule has 2 fully saturated rings. The van der Waals surface area contributed by atoms with Crippen molar-refractivity contribution in [1.82, 2.24) is 0 Å². The van der Waals surface area contributed by atoms with Gasteiger partial charge in [-0.25, -0.2) is 0 Å². The van der Waals surface area contributed by atoms with Gasteiger partial charge in [0.1, 0.15) is 36.1 Å². The maximum Gasteiger partial charge on any atom is 0.303 e. The molecule has 3 aromatic rings. The lowest BCUT2D eigenvalue weighted by molar-refractivity contribution is -0.323. The van der Waals surface area contributed by atoms with Gasteiger partial charge in [0.25, 0.3) is 0 Å². The number of esters is 1. The summed E-state index contributed by atoms with van der Waals surface area (Å²) in [4.78, 5) is 12.1. The van der Waals surface area contributed by atoms with Gasteiger partial charge in [-0.2, -0.15) is 0 Å². The van der Waals surface area contributed by atoms with Crippen LogP contribution < -0.4 is 0 Å². The summed E-state index contributed by atoms with van der Waals surface area (Å²) >= 11 is 0. The van der Waals surface area contributed by atoms with Crippen LogP contribution in [-0.2, 0) is 53.0 Å². The van der Waals surface area contributed by atoms with E-state index in [2.05, 4.69) is 6.58 Å². The summed E-state index contributed by atoms with van der Waals surface area (Å²) in [6.07, 6.45) is -0.0269. The van der Waals surface area contributed by atoms with Crippen molar-refractivity contribution in [1.29, 1.82) is 0 Å². The number of rotatable bonds is 13. The first-order valence-electron chi connectivity index (χ1n) is 15.0. The first-order chi connectivity index (χ1) is 20.9. The molecule has 228 valence electrons. The molecule has 0 aromatic heterocycles. The fourth-order valence-electron chi connectivity index (χ4n) is 5.93. The molecule has 0 aliphatic carbocycles. The van der Waals surface area contributed by atoms with E-state index in [-0.39, 0.29) is 5.97 Å². The molecular formula is C36H42O7. The number of ether oxygens (including phenoxy) is 6. The van der Waals surface area contributed by atoms with Gasteiger partial charge in [-0.1, -0.05) is 97.1 Å². The third kappa shape index (κ3) is 8.19. The highest BCUT2D eigenvalue weighted by Gasteiger charge is 2.56. The largest absolute Gasteiger partial charge is 0.459 e. The van der Waals surface area contributed by atoms with Crippen molar-refractivity contribution in [2.45, 2.75) is 88.7 Å². The van der Waals surface area contributed by atoms with Crippen molar-refractivity contribution in [3.63, 3.8) is 0 Å². The number of carbonyl (C=O) groups is 1. The molecule has 0 spiro atoms. The van der Waals surface area contributed by atoms with E-state index in [1.165, 1.54) is 6.92 Å². The van der Waals surface area contributed by atoms with E-state index in [1.54, 1.807) is 6.08 Å². The minimum Gasteiger partial charge on any atom is -0.459 e. The van der Waals surface area contributed by atoms with Crippen LogP contribution in [0.3, 0.4) is 0 Å². The Bertz CT molecular complexity index is 1280. The minimum absolute atomic E-state index is 0.297. The molecule has 2 aliphatic heterocycles. The van der Waals surface area contributed by atoms with Crippen LogP contribution in [0.4, 0.5) is 0 Å². The smallest absolute Gasteiger partial charge is 0.303 e. The van der Waals surface area contributed by atoms with E-state index >= 15 is 0 Å². The summed E-state index contributed by atoms with van der Waals surface area (Å²) in [5.41, 5.74) is 2.37. The second kappa shape index (κ2) is 14.9. The molecule has 2 saturated heterocycles. The van der Waals surface area contributed by atoms with E-state index in [9.17, 15) is 4.79 Å². The molecule has 0 N–H and O–H groups in total. The van der Waals surface area contributed by atoms with E-state index in [4.69, 9.17) is 28.4 Å². The highest BCUT2D eigenvalue weighted by Crippen LogP contribution is 2.42. The average Bonchev–Trinajstić information content (AvgIpc) is 3.01. The van der Waals surface area contributed by atoms with Gasteiger partial charge in [-0.15, -0.1) is 6.58 Å². The van der Waals surface area contributed by atoms with Crippen molar-refractivity contribution >= 4 is 5.97 Å². The normalized spacial score (nSPS) is 28.5. The van der Waals surface area contributed by atoms with Crippen LogP contribution in [0.1, 0.15) is 43.4 Å². The SMILES string of the molecule is C=CC[C@]1(C)O[C@@H]2[C@@H](OCc3ccccc3)[C@H](OCc3ccccc3)[C@@H](COCc3ccccc3)O[C@H]2C[C@H]1OC(C)=O. The van der Waals surface area contributed by atoms with Crippen LogP contribution >= 0.6 is 0 Å². The maximum atomic E-state index is 12.1. The first-order valence-corrected chi connectivity index (χ1v) is 15.0. The number of carbonyl (C=O) groups excluding carboxylic acids is 1. The van der Waals surface area contributed by atoms with Crippen LogP contribution in [0.15, 0.2) is 104 Å². The number of benzene rings is 3. The number of hydrogen-bond acceptors (Lipinski definition) is 7. The lowest BCUT2D eigenvalue weighted by Crippen LogP contribution is -2.67. The monoisotopic (exact) mass is 586 g/mol. The summed E-state index contributed by atoms with van der Waals surface area (Å²) in [5, 5.41) is 0. The molecule has 3 aromatic carbocycles. The zero-order valence-corrected chi connectivity index (χ0v) is 25.0. The van der Waals surface area contributed by atoms with Crippen molar-refractivity contribution < 1.29 is 33.2 Å². The van der Waals surface area contributed by atoms with Crippen LogP contribution in [0.5, 0.6) is 0 Å². The van der Waals surface area contributed by atoms with Crippen LogP contribution in [-0.4, -0.2) is 54.8 Å². The second-order valence-corrected chi connectivity index (χ2v) is 11.5. The Morgan fingerprint density at radius 2 is 1.40 bits per heavy atom. The molecule has 0 radical (unpaired) electrons. The van der Waals surface area contributed by atoms with Gasteiger partial charge in [0, 0.05) is 13.3 Å². The quantitative estimate of drug-likeness (QED) is 0.175. The molecule has 7 heteroatoms. The van der Waals surface area contributed by atoms with Crippen molar-refractivity contribution in [3.8, 4) is 0 Å². The van der Waals surface area contributed by atoms with Gasteiger partial charge >= 0.3 is 5.97 Å². The lowest BCUT2D eigenvalue weighted by atomic mass is 9.81. The van der Waals surface area contributed by atoms with E-state index in [1.807, 2.05) is 97.9 Å². The molecule has 5 rings (SSSR count). The molecule has 0 saturated carbocycles. The lowest BCUT2D eigenvalue weighted by Gasteiger charge is -2.54. The molecule has 2 aliphatic rings. The Labute approximate surface area is 254 Å². The highest BCUT2D eigenvalue weighted by molar-refractivity contribution is 5.66. The summed E-state index contributed by atoms with van der Waals surface area (Å²) < 4.78 is 38.9. The van der Waals surface area contributed by atoms with E-state index < -0.39 is 42.2 Å². The Balaban J connectivity index is 1.43. The molecule has 7 atom stereocenters. The molecule has 7 nitrogen and oxygen atoms in total. The van der Waals surface area contributed by atoms with Gasteiger partial charge in [-0.3, -0.25) is 4.79 Å². The van der Waals surface area contributed by atoms with Crippen LogP contribution in [0.2, 0.25) is 0 Å². The van der Waals surface area contributed by atoms with E-state index in [0.717, 1.165) is 16.7 Å². The summed E-state index contributed by atoms with van der Waals surface area (Å²) in [6.45, 7) is 8.82. The highest BCUT2D eigenvalue weighted by atomic mass is 16.6. The topological polar surface area (TPSA) is 72.5 Å². The number of hydrogen-bond donors (Lipinski definition) is 0. The fourth-order valence-corrected chi connectivity index (χ4v) is 5.93. The molecule has 2 heterocycles. The zero-order chi connectivity index (χ0) is 30.1. The summed E-state index contributed by atoms with van der Waals surface area (Å²) in [7, 11) is 0. The molecule has 43 heavy (non-hydrogen) atoms. The maximum absolute atomic E-state index is 12.1. The van der Waals surface area contributed by atoms with Gasteiger partial charge in [0.2, 0.25) is 0 Å². The minimum atomic E-state index is -0.799.